The topological polar surface area (TPSA) is 105 Å². The predicted octanol–water partition coefficient (Wildman–Crippen LogP) is 10.3. The van der Waals surface area contributed by atoms with E-state index in [9.17, 15) is 19.2 Å². The highest BCUT2D eigenvalue weighted by atomic mass is 35.5. The summed E-state index contributed by atoms with van der Waals surface area (Å²) >= 11 is 9.53. The summed E-state index contributed by atoms with van der Waals surface area (Å²) in [6, 6.07) is 36.7. The highest BCUT2D eigenvalue weighted by Crippen LogP contribution is 2.41. The van der Waals surface area contributed by atoms with E-state index in [0.29, 0.717) is 78.7 Å². The van der Waals surface area contributed by atoms with Gasteiger partial charge in [0.05, 0.1) is 27.6 Å². The lowest BCUT2D eigenvalue weighted by Gasteiger charge is -2.22. The summed E-state index contributed by atoms with van der Waals surface area (Å²) in [5.74, 6) is 1.58. The molecule has 0 aliphatic carbocycles. The average Bonchev–Trinajstić information content (AvgIpc) is 3.25. The first kappa shape index (κ1) is 38.8. The second-order valence-corrected chi connectivity index (χ2v) is 13.9. The van der Waals surface area contributed by atoms with E-state index < -0.39 is 0 Å². The molecular formula is C47H34Cl2O8. The van der Waals surface area contributed by atoms with Crippen molar-refractivity contribution in [1.29, 1.82) is 0 Å². The summed E-state index contributed by atoms with van der Waals surface area (Å²) in [4.78, 5) is 50.7. The maximum atomic E-state index is 12.7. The van der Waals surface area contributed by atoms with Crippen molar-refractivity contribution < 1.29 is 38.1 Å². The number of halogens is 2. The van der Waals surface area contributed by atoms with Gasteiger partial charge in [-0.25, -0.2) is 0 Å². The molecule has 6 aromatic carbocycles. The lowest BCUT2D eigenvalue weighted by Crippen LogP contribution is -2.05. The van der Waals surface area contributed by atoms with Crippen LogP contribution in [-0.4, -0.2) is 30.5 Å². The molecule has 0 saturated carbocycles. The molecule has 0 saturated heterocycles. The summed E-state index contributed by atoms with van der Waals surface area (Å²) in [5, 5.41) is 0.194. The van der Waals surface area contributed by atoms with Crippen molar-refractivity contribution in [3.05, 3.63) is 188 Å². The fourth-order valence-electron chi connectivity index (χ4n) is 6.73. The number of fused-ring (bicyclic) bond motifs is 4. The lowest BCUT2D eigenvalue weighted by molar-refractivity contribution is 0.111. The molecule has 0 fully saturated rings. The molecule has 10 heteroatoms. The Bertz CT molecular complexity index is 2150. The molecule has 0 atom stereocenters. The lowest BCUT2D eigenvalue weighted by atomic mass is 9.84. The third kappa shape index (κ3) is 8.68. The van der Waals surface area contributed by atoms with Crippen LogP contribution in [0.5, 0.6) is 23.0 Å². The van der Waals surface area contributed by atoms with E-state index in [0.717, 1.165) is 47.4 Å². The van der Waals surface area contributed by atoms with Gasteiger partial charge in [-0.15, -0.1) is 23.2 Å². The van der Waals surface area contributed by atoms with Crippen LogP contribution < -0.4 is 18.9 Å². The Kier molecular flexibility index (Phi) is 12.2. The SMILES string of the molecule is ClCCl.O=Cc1cc2ccc1OCc1ccc(cc1)COc1ccc(cc1C=O)C1=C2c2ccc(c(C=O)c2)OCc2ccc(cc2)COc2ccc1cc2C=O. The Labute approximate surface area is 339 Å². The molecule has 15 rings (SSSR count). The van der Waals surface area contributed by atoms with Crippen molar-refractivity contribution in [2.45, 2.75) is 26.4 Å². The van der Waals surface area contributed by atoms with E-state index >= 15 is 0 Å². The molecule has 9 heterocycles. The monoisotopic (exact) mass is 796 g/mol. The van der Waals surface area contributed by atoms with Crippen molar-refractivity contribution in [2.24, 2.45) is 0 Å². The van der Waals surface area contributed by atoms with Gasteiger partial charge in [-0.1, -0.05) is 72.8 Å². The third-order valence-electron chi connectivity index (χ3n) is 9.58. The van der Waals surface area contributed by atoms with Crippen molar-refractivity contribution >= 4 is 59.5 Å². The number of ether oxygens (including phenoxy) is 4. The van der Waals surface area contributed by atoms with Gasteiger partial charge in [0, 0.05) is 0 Å². The van der Waals surface area contributed by atoms with Crippen LogP contribution in [0.3, 0.4) is 0 Å². The number of rotatable bonds is 4. The molecule has 8 nitrogen and oxygen atoms in total. The molecule has 0 aromatic heterocycles. The first-order valence-corrected chi connectivity index (χ1v) is 18.9. The van der Waals surface area contributed by atoms with Crippen molar-refractivity contribution in [2.75, 3.05) is 5.34 Å². The highest BCUT2D eigenvalue weighted by Gasteiger charge is 2.22. The Balaban J connectivity index is 0.00000160. The molecule has 6 aromatic rings. The molecule has 9 aliphatic rings. The van der Waals surface area contributed by atoms with E-state index in [1.165, 1.54) is 0 Å². The fourth-order valence-corrected chi connectivity index (χ4v) is 6.73. The van der Waals surface area contributed by atoms with Gasteiger partial charge in [0.25, 0.3) is 0 Å². The van der Waals surface area contributed by atoms with E-state index in [-0.39, 0.29) is 31.8 Å². The maximum absolute atomic E-state index is 12.7. The molecule has 284 valence electrons. The van der Waals surface area contributed by atoms with Crippen molar-refractivity contribution in [1.82, 2.24) is 0 Å². The molecule has 9 aliphatic heterocycles. The molecule has 57 heavy (non-hydrogen) atoms. The molecule has 0 spiro atoms. The Morgan fingerprint density at radius 1 is 0.368 bits per heavy atom. The second-order valence-electron chi connectivity index (χ2n) is 13.1. The van der Waals surface area contributed by atoms with Crippen LogP contribution in [0, 0.1) is 0 Å². The maximum Gasteiger partial charge on any atom is 0.153 e. The zero-order chi connectivity index (χ0) is 39.7. The van der Waals surface area contributed by atoms with Crippen LogP contribution in [-0.2, 0) is 26.4 Å². The third-order valence-corrected chi connectivity index (χ3v) is 9.58. The number of hydrogen-bond acceptors (Lipinski definition) is 8. The van der Waals surface area contributed by atoms with E-state index in [1.54, 1.807) is 48.5 Å². The predicted molar refractivity (Wildman–Crippen MR) is 219 cm³/mol. The normalized spacial score (nSPS) is 12.9. The minimum absolute atomic E-state index is 0.194. The van der Waals surface area contributed by atoms with Crippen LogP contribution in [0.1, 0.15) is 85.9 Å². The first-order chi connectivity index (χ1) is 27.9. The molecule has 0 radical (unpaired) electrons. The van der Waals surface area contributed by atoms with Gasteiger partial charge in [0.15, 0.2) is 25.1 Å². The average molecular weight is 798 g/mol. The molecule has 0 amide bonds. The van der Waals surface area contributed by atoms with E-state index in [1.807, 2.05) is 72.8 Å². The number of hydrogen-bond donors (Lipinski definition) is 0. The zero-order valence-corrected chi connectivity index (χ0v) is 31.9. The van der Waals surface area contributed by atoms with Crippen LogP contribution in [0.2, 0.25) is 0 Å². The molecular weight excluding hydrogens is 763 g/mol. The van der Waals surface area contributed by atoms with Crippen LogP contribution >= 0.6 is 23.2 Å². The summed E-state index contributed by atoms with van der Waals surface area (Å²) in [6.45, 7) is 0.898. The molecule has 0 N–H and O–H groups in total. The minimum atomic E-state index is 0.194. The minimum Gasteiger partial charge on any atom is -0.488 e. The quantitative estimate of drug-likeness (QED) is 0.128. The Morgan fingerprint density at radius 3 is 0.772 bits per heavy atom. The summed E-state index contributed by atoms with van der Waals surface area (Å²) < 4.78 is 24.6. The fraction of sp³-hybridized carbons (Fsp3) is 0.106. The number of carbonyl (C=O) groups excluding carboxylic acids is 4. The summed E-state index contributed by atoms with van der Waals surface area (Å²) in [7, 11) is 0. The van der Waals surface area contributed by atoms with Gasteiger partial charge in [-0.2, -0.15) is 0 Å². The summed E-state index contributed by atoms with van der Waals surface area (Å²) in [5.41, 5.74) is 8.52. The van der Waals surface area contributed by atoms with Gasteiger partial charge in [0.2, 0.25) is 0 Å². The van der Waals surface area contributed by atoms with Crippen molar-refractivity contribution in [3.63, 3.8) is 0 Å². The van der Waals surface area contributed by atoms with Crippen molar-refractivity contribution in [3.8, 4) is 23.0 Å². The zero-order valence-electron chi connectivity index (χ0n) is 30.4. The highest BCUT2D eigenvalue weighted by molar-refractivity contribution is 6.40. The number of alkyl halides is 2. The number of carbonyl (C=O) groups is 4. The van der Waals surface area contributed by atoms with E-state index in [4.69, 9.17) is 42.1 Å². The number of benzene rings is 6. The van der Waals surface area contributed by atoms with Gasteiger partial charge in [0.1, 0.15) is 49.4 Å². The van der Waals surface area contributed by atoms with Gasteiger partial charge < -0.3 is 18.9 Å². The Morgan fingerprint density at radius 2 is 0.579 bits per heavy atom. The van der Waals surface area contributed by atoms with Gasteiger partial charge in [-0.05, 0) is 104 Å². The van der Waals surface area contributed by atoms with E-state index in [2.05, 4.69) is 0 Å². The second kappa shape index (κ2) is 18.0. The van der Waals surface area contributed by atoms with Crippen LogP contribution in [0.25, 0.3) is 11.1 Å². The van der Waals surface area contributed by atoms with Crippen LogP contribution in [0.4, 0.5) is 0 Å². The number of aldehydes is 4. The van der Waals surface area contributed by atoms with Gasteiger partial charge in [-0.3, -0.25) is 19.2 Å². The van der Waals surface area contributed by atoms with Crippen LogP contribution in [0.15, 0.2) is 121 Å². The standard InChI is InChI=1S/C46H32O8.CH2Cl2/c47-21-37-17-33-9-13-41(37)51-25-29-1-2-30(4-3-29)26-52-42-14-10-34(18-38(42)22-48)46-36-12-16-44(40(20-36)24-50)54-28-32-7-5-31(6-8-32)27-53-43-15-11-35(45(33)46)19-39(43)23-49;2-1-3/h1-24H,25-28H2;1H2. The first-order valence-electron chi connectivity index (χ1n) is 17.9. The largest absolute Gasteiger partial charge is 0.488 e. The Hall–Kier alpha value is -6.48. The van der Waals surface area contributed by atoms with Gasteiger partial charge >= 0.3 is 0 Å². The smallest absolute Gasteiger partial charge is 0.153 e. The molecule has 12 bridgehead atoms. The summed E-state index contributed by atoms with van der Waals surface area (Å²) in [6.07, 6.45) is 2.98. The molecule has 0 unspecified atom stereocenters.